The molecule has 34 heavy (non-hydrogen) atoms. The van der Waals surface area contributed by atoms with Crippen molar-refractivity contribution in [3.05, 3.63) is 53.3 Å². The lowest BCUT2D eigenvalue weighted by atomic mass is 9.93. The van der Waals surface area contributed by atoms with Crippen molar-refractivity contribution in [2.75, 3.05) is 23.4 Å². The Morgan fingerprint density at radius 1 is 1.15 bits per heavy atom. The van der Waals surface area contributed by atoms with Crippen LogP contribution in [-0.2, 0) is 16.0 Å². The van der Waals surface area contributed by atoms with E-state index in [1.807, 2.05) is 6.07 Å². The topological polar surface area (TPSA) is 78.9 Å². The highest BCUT2D eigenvalue weighted by Crippen LogP contribution is 2.36. The Kier molecular flexibility index (Phi) is 8.91. The molecule has 0 aliphatic heterocycles. The van der Waals surface area contributed by atoms with Gasteiger partial charge in [-0.1, -0.05) is 45.2 Å². The summed E-state index contributed by atoms with van der Waals surface area (Å²) in [5.74, 6) is -1.05. The van der Waals surface area contributed by atoms with Crippen LogP contribution in [0.1, 0.15) is 57.1 Å². The monoisotopic (exact) mass is 470 g/mol. The molecule has 0 heterocycles. The fourth-order valence-corrected chi connectivity index (χ4v) is 4.49. The van der Waals surface area contributed by atoms with Crippen molar-refractivity contribution in [3.63, 3.8) is 0 Å². The Labute approximate surface area is 201 Å². The van der Waals surface area contributed by atoms with Crippen LogP contribution in [-0.4, -0.2) is 36.2 Å². The second-order valence-electron chi connectivity index (χ2n) is 9.52. The third kappa shape index (κ3) is 7.20. The van der Waals surface area contributed by atoms with Gasteiger partial charge in [0, 0.05) is 18.7 Å². The number of amides is 1. The summed E-state index contributed by atoms with van der Waals surface area (Å²) in [4.78, 5) is 26.3. The maximum absolute atomic E-state index is 14.3. The normalized spacial score (nSPS) is 14.1. The zero-order valence-corrected chi connectivity index (χ0v) is 20.3. The molecule has 1 fully saturated rings. The summed E-state index contributed by atoms with van der Waals surface area (Å²) in [6, 6.07) is 10.5. The zero-order chi connectivity index (χ0) is 24.7. The molecule has 0 radical (unpaired) electrons. The number of nitrogens with one attached hydrogen (secondary N) is 1. The molecule has 3 rings (SSSR count). The maximum Gasteiger partial charge on any atom is 0.341 e. The van der Waals surface area contributed by atoms with E-state index in [1.165, 1.54) is 25.3 Å². The minimum atomic E-state index is -1.08. The SMILES string of the molecule is Cc1ccc(CC(=O)Nc2cc(OCC(=O)O)ccc2N(CC(C)C)C2CCCCC2)c(F)c1. The summed E-state index contributed by atoms with van der Waals surface area (Å²) >= 11 is 0. The van der Waals surface area contributed by atoms with Gasteiger partial charge in [-0.15, -0.1) is 0 Å². The number of anilines is 2. The number of carbonyl (C=O) groups is 2. The summed E-state index contributed by atoms with van der Waals surface area (Å²) in [6.07, 6.45) is 5.66. The molecule has 0 saturated heterocycles. The molecule has 0 bridgehead atoms. The van der Waals surface area contributed by atoms with E-state index in [-0.39, 0.29) is 12.3 Å². The smallest absolute Gasteiger partial charge is 0.341 e. The number of hydrogen-bond acceptors (Lipinski definition) is 4. The number of aliphatic carboxylic acids is 1. The molecule has 0 atom stereocenters. The van der Waals surface area contributed by atoms with Crippen LogP contribution in [0.15, 0.2) is 36.4 Å². The number of carboxylic acids is 1. The lowest BCUT2D eigenvalue weighted by Gasteiger charge is -2.38. The predicted octanol–water partition coefficient (Wildman–Crippen LogP) is 5.57. The van der Waals surface area contributed by atoms with Crippen molar-refractivity contribution in [2.24, 2.45) is 5.92 Å². The van der Waals surface area contributed by atoms with Crippen LogP contribution in [0, 0.1) is 18.7 Å². The van der Waals surface area contributed by atoms with E-state index in [0.29, 0.717) is 29.0 Å². The van der Waals surface area contributed by atoms with Crippen LogP contribution < -0.4 is 15.0 Å². The van der Waals surface area contributed by atoms with Gasteiger partial charge in [-0.3, -0.25) is 4.79 Å². The number of carboxylic acid groups (broad SMARTS) is 1. The van der Waals surface area contributed by atoms with Crippen molar-refractivity contribution in [1.29, 1.82) is 0 Å². The molecule has 7 heteroatoms. The van der Waals surface area contributed by atoms with E-state index in [0.717, 1.165) is 30.6 Å². The molecule has 0 aromatic heterocycles. The number of halogens is 1. The van der Waals surface area contributed by atoms with Gasteiger partial charge in [-0.2, -0.15) is 0 Å². The number of hydrogen-bond donors (Lipinski definition) is 2. The lowest BCUT2D eigenvalue weighted by Crippen LogP contribution is -2.40. The van der Waals surface area contributed by atoms with Crippen molar-refractivity contribution < 1.29 is 23.8 Å². The molecule has 1 aliphatic carbocycles. The molecule has 0 unspecified atom stereocenters. The highest BCUT2D eigenvalue weighted by Gasteiger charge is 2.25. The van der Waals surface area contributed by atoms with Crippen LogP contribution in [0.25, 0.3) is 0 Å². The molecule has 2 N–H and O–H groups in total. The Hall–Kier alpha value is -3.09. The van der Waals surface area contributed by atoms with Crippen LogP contribution >= 0.6 is 0 Å². The summed E-state index contributed by atoms with van der Waals surface area (Å²) < 4.78 is 19.7. The van der Waals surface area contributed by atoms with Gasteiger partial charge in [-0.05, 0) is 55.0 Å². The Balaban J connectivity index is 1.90. The van der Waals surface area contributed by atoms with Gasteiger partial charge in [-0.25, -0.2) is 9.18 Å². The van der Waals surface area contributed by atoms with E-state index in [2.05, 4.69) is 24.1 Å². The molecule has 0 spiro atoms. The largest absolute Gasteiger partial charge is 0.482 e. The average molecular weight is 471 g/mol. The Bertz CT molecular complexity index is 1000. The standard InChI is InChI=1S/C27H35FN2O4/c1-18(2)16-30(21-7-5-4-6-8-21)25-12-11-22(34-17-27(32)33)15-24(25)29-26(31)14-20-10-9-19(3)13-23(20)28/h9-13,15,18,21H,4-8,14,16-17H2,1-3H3,(H,29,31)(H,32,33). The molecule has 6 nitrogen and oxygen atoms in total. The summed E-state index contributed by atoms with van der Waals surface area (Å²) in [5.41, 5.74) is 2.55. The number of aryl methyl sites for hydroxylation is 1. The molecule has 1 saturated carbocycles. The second-order valence-corrected chi connectivity index (χ2v) is 9.52. The lowest BCUT2D eigenvalue weighted by molar-refractivity contribution is -0.139. The predicted molar refractivity (Wildman–Crippen MR) is 132 cm³/mol. The number of nitrogens with zero attached hydrogens (tertiary/aromatic N) is 1. The van der Waals surface area contributed by atoms with Crippen LogP contribution in [0.3, 0.4) is 0 Å². The second kappa shape index (κ2) is 11.9. The molecule has 2 aromatic carbocycles. The molecular formula is C27H35FN2O4. The van der Waals surface area contributed by atoms with Crippen LogP contribution in [0.5, 0.6) is 5.75 Å². The Morgan fingerprint density at radius 2 is 1.88 bits per heavy atom. The molecule has 1 aliphatic rings. The van der Waals surface area contributed by atoms with Gasteiger partial charge < -0.3 is 20.1 Å². The number of carbonyl (C=O) groups excluding carboxylic acids is 1. The van der Waals surface area contributed by atoms with E-state index >= 15 is 0 Å². The first-order valence-corrected chi connectivity index (χ1v) is 12.0. The third-order valence-electron chi connectivity index (χ3n) is 6.05. The van der Waals surface area contributed by atoms with Crippen LogP contribution in [0.2, 0.25) is 0 Å². The number of rotatable bonds is 10. The van der Waals surface area contributed by atoms with Gasteiger partial charge in [0.05, 0.1) is 17.8 Å². The van der Waals surface area contributed by atoms with E-state index in [1.54, 1.807) is 31.2 Å². The Morgan fingerprint density at radius 3 is 2.53 bits per heavy atom. The van der Waals surface area contributed by atoms with Gasteiger partial charge in [0.25, 0.3) is 0 Å². The highest BCUT2D eigenvalue weighted by atomic mass is 19.1. The van der Waals surface area contributed by atoms with Crippen molar-refractivity contribution in [3.8, 4) is 5.75 Å². The maximum atomic E-state index is 14.3. The summed E-state index contributed by atoms with van der Waals surface area (Å²) in [7, 11) is 0. The zero-order valence-electron chi connectivity index (χ0n) is 20.3. The van der Waals surface area contributed by atoms with Gasteiger partial charge in [0.1, 0.15) is 11.6 Å². The number of ether oxygens (including phenoxy) is 1. The molecule has 2 aromatic rings. The number of benzene rings is 2. The minimum Gasteiger partial charge on any atom is -0.482 e. The quantitative estimate of drug-likeness (QED) is 0.474. The molecule has 184 valence electrons. The van der Waals surface area contributed by atoms with Gasteiger partial charge in [0.2, 0.25) is 5.91 Å². The van der Waals surface area contributed by atoms with Crippen molar-refractivity contribution >= 4 is 23.3 Å². The first kappa shape index (κ1) is 25.5. The first-order chi connectivity index (χ1) is 16.2. The average Bonchev–Trinajstić information content (AvgIpc) is 2.79. The fourth-order valence-electron chi connectivity index (χ4n) is 4.49. The fraction of sp³-hybridized carbons (Fsp3) is 0.481. The van der Waals surface area contributed by atoms with Crippen LogP contribution in [0.4, 0.5) is 15.8 Å². The summed E-state index contributed by atoms with van der Waals surface area (Å²) in [6.45, 7) is 6.49. The van der Waals surface area contributed by atoms with Crippen molar-refractivity contribution in [2.45, 2.75) is 65.3 Å². The van der Waals surface area contributed by atoms with E-state index in [4.69, 9.17) is 9.84 Å². The van der Waals surface area contributed by atoms with E-state index in [9.17, 15) is 14.0 Å². The van der Waals surface area contributed by atoms with Gasteiger partial charge >= 0.3 is 5.97 Å². The van der Waals surface area contributed by atoms with Crippen molar-refractivity contribution in [1.82, 2.24) is 0 Å². The first-order valence-electron chi connectivity index (χ1n) is 12.0. The minimum absolute atomic E-state index is 0.0978. The highest BCUT2D eigenvalue weighted by molar-refractivity contribution is 5.96. The summed E-state index contributed by atoms with van der Waals surface area (Å²) in [5, 5.41) is 11.9. The van der Waals surface area contributed by atoms with E-state index < -0.39 is 18.4 Å². The molecular weight excluding hydrogens is 435 g/mol. The molecule has 1 amide bonds. The van der Waals surface area contributed by atoms with Gasteiger partial charge in [0.15, 0.2) is 6.61 Å². The third-order valence-corrected chi connectivity index (χ3v) is 6.05.